The van der Waals surface area contributed by atoms with Crippen LogP contribution in [0.5, 0.6) is 0 Å². The van der Waals surface area contributed by atoms with Crippen LogP contribution in [0.25, 0.3) is 0 Å². The summed E-state index contributed by atoms with van der Waals surface area (Å²) in [6.07, 6.45) is 0. The molecule has 1 atom stereocenters. The number of nitrogens with zero attached hydrogens (tertiary/aromatic N) is 1. The van der Waals surface area contributed by atoms with Crippen LogP contribution in [0.15, 0.2) is 42.5 Å². The molecule has 23 heavy (non-hydrogen) atoms. The number of carbonyl (C=O) groups is 2. The average molecular weight is 307 g/mol. The molecule has 5 nitrogen and oxygen atoms in total. The van der Waals surface area contributed by atoms with Crippen LogP contribution < -0.4 is 10.6 Å². The molecule has 5 heteroatoms. The fraction of sp³-hybridized carbons (Fsp3) is 0.222. The Morgan fingerprint density at radius 2 is 1.87 bits per heavy atom. The van der Waals surface area contributed by atoms with Gasteiger partial charge in [-0.2, -0.15) is 0 Å². The maximum absolute atomic E-state index is 13.0. The number of benzene rings is 2. The highest BCUT2D eigenvalue weighted by atomic mass is 16.2. The smallest absolute Gasteiger partial charge is 0.276 e. The fourth-order valence-corrected chi connectivity index (χ4v) is 3.51. The number of hydrogen-bond acceptors (Lipinski definition) is 3. The van der Waals surface area contributed by atoms with Gasteiger partial charge in [-0.15, -0.1) is 0 Å². The van der Waals surface area contributed by atoms with Gasteiger partial charge in [0.05, 0.1) is 5.56 Å². The van der Waals surface area contributed by atoms with Crippen molar-refractivity contribution in [3.05, 3.63) is 59.2 Å². The number of para-hydroxylation sites is 1. The van der Waals surface area contributed by atoms with Crippen molar-refractivity contribution in [2.24, 2.45) is 0 Å². The van der Waals surface area contributed by atoms with E-state index in [4.69, 9.17) is 0 Å². The highest BCUT2D eigenvalue weighted by Gasteiger charge is 2.55. The Bertz CT molecular complexity index is 846. The standard InChI is InChI=1S/C18H17N3O2/c1-3-21-16(22)12-6-4-5-7-14(12)20-18(21)13-10-11(2)8-9-15(13)19-17(18)23/h4-10,20H,3H2,1-2H3,(H,19,23)/t18-/m1/s1. The summed E-state index contributed by atoms with van der Waals surface area (Å²) >= 11 is 0. The Morgan fingerprint density at radius 3 is 2.65 bits per heavy atom. The number of likely N-dealkylation sites (N-methyl/N-ethyl adjacent to an activating group) is 1. The number of amides is 2. The van der Waals surface area contributed by atoms with Crippen LogP contribution in [0.3, 0.4) is 0 Å². The van der Waals surface area contributed by atoms with Crippen LogP contribution in [0.2, 0.25) is 0 Å². The van der Waals surface area contributed by atoms with Crippen LogP contribution in [-0.2, 0) is 10.5 Å². The number of nitrogens with one attached hydrogen (secondary N) is 2. The third-order valence-electron chi connectivity index (χ3n) is 4.58. The molecule has 1 spiro atoms. The summed E-state index contributed by atoms with van der Waals surface area (Å²) in [6.45, 7) is 4.29. The molecular formula is C18H17N3O2. The van der Waals surface area contributed by atoms with Gasteiger partial charge in [-0.05, 0) is 38.1 Å². The van der Waals surface area contributed by atoms with E-state index in [0.29, 0.717) is 17.8 Å². The van der Waals surface area contributed by atoms with Gasteiger partial charge in [-0.25, -0.2) is 0 Å². The maximum atomic E-state index is 13.0. The molecule has 0 aromatic heterocycles. The van der Waals surface area contributed by atoms with Crippen molar-refractivity contribution in [2.45, 2.75) is 19.5 Å². The van der Waals surface area contributed by atoms with Crippen molar-refractivity contribution in [3.8, 4) is 0 Å². The SMILES string of the molecule is CCN1C(=O)c2ccccc2N[C@@]12C(=O)Nc1ccc(C)cc12. The van der Waals surface area contributed by atoms with Crippen LogP contribution in [-0.4, -0.2) is 23.3 Å². The first-order chi connectivity index (χ1) is 11.1. The summed E-state index contributed by atoms with van der Waals surface area (Å²) < 4.78 is 0. The van der Waals surface area contributed by atoms with Crippen molar-refractivity contribution in [1.82, 2.24) is 4.90 Å². The van der Waals surface area contributed by atoms with E-state index < -0.39 is 5.66 Å². The van der Waals surface area contributed by atoms with Crippen molar-refractivity contribution < 1.29 is 9.59 Å². The van der Waals surface area contributed by atoms with Gasteiger partial charge >= 0.3 is 0 Å². The predicted molar refractivity (Wildman–Crippen MR) is 88.3 cm³/mol. The minimum atomic E-state index is -1.18. The molecular weight excluding hydrogens is 290 g/mol. The van der Waals surface area contributed by atoms with Gasteiger partial charge in [0.1, 0.15) is 0 Å². The monoisotopic (exact) mass is 307 g/mol. The number of rotatable bonds is 1. The van der Waals surface area contributed by atoms with Gasteiger partial charge in [0, 0.05) is 23.5 Å². The van der Waals surface area contributed by atoms with Gasteiger partial charge in [0.25, 0.3) is 11.8 Å². The number of hydrogen-bond donors (Lipinski definition) is 2. The molecule has 2 N–H and O–H groups in total. The molecule has 2 amide bonds. The summed E-state index contributed by atoms with van der Waals surface area (Å²) in [4.78, 5) is 27.4. The highest BCUT2D eigenvalue weighted by molar-refractivity contribution is 6.14. The van der Waals surface area contributed by atoms with Crippen LogP contribution in [0.4, 0.5) is 11.4 Å². The zero-order valence-corrected chi connectivity index (χ0v) is 13.0. The van der Waals surface area contributed by atoms with E-state index in [2.05, 4.69) is 10.6 Å². The molecule has 0 aliphatic carbocycles. The number of carbonyl (C=O) groups excluding carboxylic acids is 2. The van der Waals surface area contributed by atoms with E-state index >= 15 is 0 Å². The van der Waals surface area contributed by atoms with E-state index in [1.807, 2.05) is 50.2 Å². The number of fused-ring (bicyclic) bond motifs is 3. The minimum absolute atomic E-state index is 0.133. The Balaban J connectivity index is 1.99. The Hall–Kier alpha value is -2.82. The predicted octanol–water partition coefficient (Wildman–Crippen LogP) is 2.69. The average Bonchev–Trinajstić information content (AvgIpc) is 2.81. The van der Waals surface area contributed by atoms with E-state index in [1.165, 1.54) is 0 Å². The first-order valence-electron chi connectivity index (χ1n) is 7.69. The second-order valence-corrected chi connectivity index (χ2v) is 5.93. The topological polar surface area (TPSA) is 61.4 Å². The molecule has 0 fully saturated rings. The van der Waals surface area contributed by atoms with Crippen LogP contribution in [0, 0.1) is 6.92 Å². The van der Waals surface area contributed by atoms with Crippen LogP contribution in [0.1, 0.15) is 28.4 Å². The van der Waals surface area contributed by atoms with Gasteiger partial charge in [0.15, 0.2) is 0 Å². The lowest BCUT2D eigenvalue weighted by Gasteiger charge is -2.44. The van der Waals surface area contributed by atoms with Crippen molar-refractivity contribution in [3.63, 3.8) is 0 Å². The van der Waals surface area contributed by atoms with E-state index in [9.17, 15) is 9.59 Å². The van der Waals surface area contributed by atoms with Crippen molar-refractivity contribution in [1.29, 1.82) is 0 Å². The normalized spacial score (nSPS) is 21.7. The molecule has 0 saturated heterocycles. The molecule has 2 aliphatic heterocycles. The zero-order valence-electron chi connectivity index (χ0n) is 13.0. The van der Waals surface area contributed by atoms with Gasteiger partial charge < -0.3 is 15.5 Å². The molecule has 4 rings (SSSR count). The Labute approximate surface area is 134 Å². The first-order valence-corrected chi connectivity index (χ1v) is 7.69. The number of aryl methyl sites for hydroxylation is 1. The van der Waals surface area contributed by atoms with E-state index in [0.717, 1.165) is 16.8 Å². The van der Waals surface area contributed by atoms with Crippen LogP contribution >= 0.6 is 0 Å². The van der Waals surface area contributed by atoms with E-state index in [1.54, 1.807) is 11.0 Å². The van der Waals surface area contributed by atoms with E-state index in [-0.39, 0.29) is 11.8 Å². The Kier molecular flexibility index (Phi) is 2.75. The lowest BCUT2D eigenvalue weighted by atomic mass is 9.92. The molecule has 116 valence electrons. The lowest BCUT2D eigenvalue weighted by Crippen LogP contribution is -2.61. The second-order valence-electron chi connectivity index (χ2n) is 5.93. The molecule has 2 aliphatic rings. The molecule has 2 aromatic carbocycles. The summed E-state index contributed by atoms with van der Waals surface area (Å²) in [6, 6.07) is 13.1. The third kappa shape index (κ3) is 1.67. The van der Waals surface area contributed by atoms with Crippen molar-refractivity contribution in [2.75, 3.05) is 17.2 Å². The second kappa shape index (κ2) is 4.59. The Morgan fingerprint density at radius 1 is 1.09 bits per heavy atom. The van der Waals surface area contributed by atoms with Crippen molar-refractivity contribution >= 4 is 23.2 Å². The van der Waals surface area contributed by atoms with Gasteiger partial charge in [-0.1, -0.05) is 23.8 Å². The first kappa shape index (κ1) is 13.8. The fourth-order valence-electron chi connectivity index (χ4n) is 3.51. The zero-order chi connectivity index (χ0) is 16.2. The largest absolute Gasteiger partial charge is 0.350 e. The maximum Gasteiger partial charge on any atom is 0.276 e. The number of anilines is 2. The van der Waals surface area contributed by atoms with Gasteiger partial charge in [-0.3, -0.25) is 9.59 Å². The molecule has 0 unspecified atom stereocenters. The van der Waals surface area contributed by atoms with Gasteiger partial charge in [0.2, 0.25) is 5.66 Å². The molecule has 0 radical (unpaired) electrons. The summed E-state index contributed by atoms with van der Waals surface area (Å²) in [7, 11) is 0. The molecule has 2 aromatic rings. The molecule has 0 bridgehead atoms. The summed E-state index contributed by atoms with van der Waals surface area (Å²) in [5.41, 5.74) is 2.69. The lowest BCUT2D eigenvalue weighted by molar-refractivity contribution is -0.125. The third-order valence-corrected chi connectivity index (χ3v) is 4.58. The minimum Gasteiger partial charge on any atom is -0.350 e. The summed E-state index contributed by atoms with van der Waals surface area (Å²) in [5, 5.41) is 6.24. The molecule has 2 heterocycles. The highest BCUT2D eigenvalue weighted by Crippen LogP contribution is 2.45. The molecule has 0 saturated carbocycles. The summed E-state index contributed by atoms with van der Waals surface area (Å²) in [5.74, 6) is -0.353. The quantitative estimate of drug-likeness (QED) is 0.851.